The standard InChI is InChI=1S/C23H32N2O4S/c1-15-6-5-9-24(12-15)23(26)22-18(4)20-11-19(7-8-21(20)29-22)30(27,28)25-13-16(2)10-17(3)14-25/h7-8,11,15-17H,5-6,9-10,12-14H2,1-4H3. The zero-order valence-electron chi connectivity index (χ0n) is 18.3. The molecule has 0 bridgehead atoms. The van der Waals surface area contributed by atoms with Gasteiger partial charge < -0.3 is 9.32 Å². The topological polar surface area (TPSA) is 70.8 Å². The van der Waals surface area contributed by atoms with Crippen LogP contribution in [0.4, 0.5) is 0 Å². The van der Waals surface area contributed by atoms with Gasteiger partial charge in [-0.1, -0.05) is 20.8 Å². The summed E-state index contributed by atoms with van der Waals surface area (Å²) < 4.78 is 34.1. The molecule has 3 atom stereocenters. The van der Waals surface area contributed by atoms with Crippen molar-refractivity contribution in [2.75, 3.05) is 26.2 Å². The van der Waals surface area contributed by atoms with Crippen molar-refractivity contribution in [3.05, 3.63) is 29.5 Å². The number of aryl methyl sites for hydroxylation is 1. The monoisotopic (exact) mass is 432 g/mol. The molecule has 1 aromatic carbocycles. The SMILES string of the molecule is Cc1c(C(=O)N2CCCC(C)C2)oc2ccc(S(=O)(=O)N3CC(C)CC(C)C3)cc12. The lowest BCUT2D eigenvalue weighted by Crippen LogP contribution is -2.42. The molecule has 164 valence electrons. The fourth-order valence-electron chi connectivity index (χ4n) is 5.03. The molecule has 0 aliphatic carbocycles. The number of carbonyl (C=O) groups is 1. The van der Waals surface area contributed by atoms with E-state index < -0.39 is 10.0 Å². The van der Waals surface area contributed by atoms with Crippen LogP contribution in [0.15, 0.2) is 27.5 Å². The molecule has 3 heterocycles. The van der Waals surface area contributed by atoms with Crippen molar-refractivity contribution in [3.63, 3.8) is 0 Å². The van der Waals surface area contributed by atoms with E-state index in [2.05, 4.69) is 20.8 Å². The van der Waals surface area contributed by atoms with Gasteiger partial charge in [0.2, 0.25) is 10.0 Å². The minimum Gasteiger partial charge on any atom is -0.451 e. The molecule has 0 radical (unpaired) electrons. The second kappa shape index (κ2) is 8.00. The normalized spacial score (nSPS) is 26.3. The number of fused-ring (bicyclic) bond motifs is 1. The number of hydrogen-bond donors (Lipinski definition) is 0. The lowest BCUT2D eigenvalue weighted by Gasteiger charge is -2.34. The Hall–Kier alpha value is -1.86. The number of amides is 1. The Balaban J connectivity index is 1.66. The maximum absolute atomic E-state index is 13.3. The van der Waals surface area contributed by atoms with E-state index >= 15 is 0 Å². The van der Waals surface area contributed by atoms with E-state index in [0.29, 0.717) is 53.1 Å². The van der Waals surface area contributed by atoms with Crippen LogP contribution in [-0.2, 0) is 10.0 Å². The summed E-state index contributed by atoms with van der Waals surface area (Å²) in [4.78, 5) is 15.2. The molecule has 4 rings (SSSR count). The van der Waals surface area contributed by atoms with Gasteiger partial charge in [0, 0.05) is 37.1 Å². The highest BCUT2D eigenvalue weighted by Gasteiger charge is 2.33. The fourth-order valence-corrected chi connectivity index (χ4v) is 6.74. The van der Waals surface area contributed by atoms with Crippen LogP contribution in [0.25, 0.3) is 11.0 Å². The molecule has 6 nitrogen and oxygen atoms in total. The van der Waals surface area contributed by atoms with Crippen molar-refractivity contribution in [1.82, 2.24) is 9.21 Å². The molecule has 0 saturated carbocycles. The van der Waals surface area contributed by atoms with Crippen molar-refractivity contribution < 1.29 is 17.6 Å². The molecule has 2 aliphatic heterocycles. The first-order valence-electron chi connectivity index (χ1n) is 11.0. The first-order valence-corrected chi connectivity index (χ1v) is 12.4. The minimum atomic E-state index is -3.58. The first kappa shape index (κ1) is 21.4. The van der Waals surface area contributed by atoms with Crippen LogP contribution in [0.2, 0.25) is 0 Å². The van der Waals surface area contributed by atoms with Crippen LogP contribution in [0.1, 0.15) is 56.2 Å². The third kappa shape index (κ3) is 3.89. The average Bonchev–Trinajstić information content (AvgIpc) is 3.03. The predicted molar refractivity (Wildman–Crippen MR) is 117 cm³/mol. The molecule has 2 aliphatic rings. The number of carbonyl (C=O) groups excluding carboxylic acids is 1. The van der Waals surface area contributed by atoms with Crippen LogP contribution in [0, 0.1) is 24.7 Å². The van der Waals surface area contributed by atoms with Gasteiger partial charge in [0.1, 0.15) is 5.58 Å². The lowest BCUT2D eigenvalue weighted by molar-refractivity contribution is 0.0652. The first-order chi connectivity index (χ1) is 14.2. The van der Waals surface area contributed by atoms with Crippen LogP contribution in [0.5, 0.6) is 0 Å². The Morgan fingerprint density at radius 3 is 2.43 bits per heavy atom. The summed E-state index contributed by atoms with van der Waals surface area (Å²) in [6.45, 7) is 10.8. The Bertz CT molecular complexity index is 1050. The lowest BCUT2D eigenvalue weighted by atomic mass is 9.94. The van der Waals surface area contributed by atoms with Gasteiger partial charge in [0.05, 0.1) is 4.90 Å². The minimum absolute atomic E-state index is 0.0988. The molecule has 3 unspecified atom stereocenters. The largest absolute Gasteiger partial charge is 0.451 e. The van der Waals surface area contributed by atoms with Crippen LogP contribution in [0.3, 0.4) is 0 Å². The average molecular weight is 433 g/mol. The summed E-state index contributed by atoms with van der Waals surface area (Å²) in [6.07, 6.45) is 3.19. The van der Waals surface area contributed by atoms with E-state index in [1.165, 1.54) is 0 Å². The molecule has 1 aromatic heterocycles. The summed E-state index contributed by atoms with van der Waals surface area (Å²) in [7, 11) is -3.58. The van der Waals surface area contributed by atoms with Crippen molar-refractivity contribution in [2.45, 2.75) is 51.9 Å². The van der Waals surface area contributed by atoms with E-state index in [1.807, 2.05) is 11.8 Å². The van der Waals surface area contributed by atoms with Crippen LogP contribution < -0.4 is 0 Å². The number of nitrogens with zero attached hydrogens (tertiary/aromatic N) is 2. The number of likely N-dealkylation sites (tertiary alicyclic amines) is 1. The maximum Gasteiger partial charge on any atom is 0.289 e. The predicted octanol–water partition coefficient (Wildman–Crippen LogP) is 4.28. The van der Waals surface area contributed by atoms with E-state index in [-0.39, 0.29) is 10.8 Å². The number of hydrogen-bond acceptors (Lipinski definition) is 4. The van der Waals surface area contributed by atoms with Gasteiger partial charge in [0.15, 0.2) is 5.76 Å². The number of benzene rings is 1. The van der Waals surface area contributed by atoms with E-state index in [9.17, 15) is 13.2 Å². The van der Waals surface area contributed by atoms with Crippen molar-refractivity contribution in [1.29, 1.82) is 0 Å². The van der Waals surface area contributed by atoms with Crippen LogP contribution >= 0.6 is 0 Å². The van der Waals surface area contributed by atoms with Crippen molar-refractivity contribution in [2.24, 2.45) is 17.8 Å². The summed E-state index contributed by atoms with van der Waals surface area (Å²) in [5.74, 6) is 1.41. The number of piperidine rings is 2. The summed E-state index contributed by atoms with van der Waals surface area (Å²) in [6, 6.07) is 4.95. The van der Waals surface area contributed by atoms with Crippen molar-refractivity contribution in [3.8, 4) is 0 Å². The zero-order valence-corrected chi connectivity index (χ0v) is 19.2. The van der Waals surface area contributed by atoms with Gasteiger partial charge in [-0.25, -0.2) is 8.42 Å². The number of furan rings is 1. The second-order valence-electron chi connectivity index (χ2n) is 9.48. The molecule has 2 aromatic rings. The number of sulfonamides is 1. The number of rotatable bonds is 3. The molecule has 2 fully saturated rings. The molecule has 0 spiro atoms. The van der Waals surface area contributed by atoms with Gasteiger partial charge in [0.25, 0.3) is 5.91 Å². The molecule has 2 saturated heterocycles. The highest BCUT2D eigenvalue weighted by Crippen LogP contribution is 2.32. The smallest absolute Gasteiger partial charge is 0.289 e. The van der Waals surface area contributed by atoms with Crippen molar-refractivity contribution >= 4 is 26.9 Å². The Kier molecular flexibility index (Phi) is 5.70. The molecular weight excluding hydrogens is 400 g/mol. The van der Waals surface area contributed by atoms with Gasteiger partial charge >= 0.3 is 0 Å². The van der Waals surface area contributed by atoms with Gasteiger partial charge in [-0.15, -0.1) is 0 Å². The van der Waals surface area contributed by atoms with Gasteiger partial charge in [-0.2, -0.15) is 4.31 Å². The van der Waals surface area contributed by atoms with E-state index in [0.717, 1.165) is 32.4 Å². The summed E-state index contributed by atoms with van der Waals surface area (Å²) in [5.41, 5.74) is 1.27. The molecule has 0 N–H and O–H groups in total. The maximum atomic E-state index is 13.3. The Labute approximate surface area is 179 Å². The molecular formula is C23H32N2O4S. The van der Waals surface area contributed by atoms with E-state index in [4.69, 9.17) is 4.42 Å². The summed E-state index contributed by atoms with van der Waals surface area (Å²) in [5, 5.41) is 0.697. The van der Waals surface area contributed by atoms with Gasteiger partial charge in [-0.3, -0.25) is 4.79 Å². The molecule has 30 heavy (non-hydrogen) atoms. The Morgan fingerprint density at radius 2 is 1.77 bits per heavy atom. The zero-order chi connectivity index (χ0) is 21.6. The molecule has 1 amide bonds. The highest BCUT2D eigenvalue weighted by molar-refractivity contribution is 7.89. The van der Waals surface area contributed by atoms with E-state index in [1.54, 1.807) is 22.5 Å². The quantitative estimate of drug-likeness (QED) is 0.726. The second-order valence-corrected chi connectivity index (χ2v) is 11.4. The highest BCUT2D eigenvalue weighted by atomic mass is 32.2. The summed E-state index contributed by atoms with van der Waals surface area (Å²) >= 11 is 0. The third-order valence-electron chi connectivity index (χ3n) is 6.52. The fraction of sp³-hybridized carbons (Fsp3) is 0.609. The van der Waals surface area contributed by atoms with Crippen LogP contribution in [-0.4, -0.2) is 49.7 Å². The Morgan fingerprint density at radius 1 is 1.07 bits per heavy atom. The third-order valence-corrected chi connectivity index (χ3v) is 8.35. The molecule has 7 heteroatoms. The van der Waals surface area contributed by atoms with Gasteiger partial charge in [-0.05, 0) is 62.1 Å².